The van der Waals surface area contributed by atoms with Gasteiger partial charge in [-0.05, 0) is 48.0 Å². The van der Waals surface area contributed by atoms with Crippen LogP contribution in [0.3, 0.4) is 0 Å². The molecule has 0 fully saturated rings. The predicted molar refractivity (Wildman–Crippen MR) is 133 cm³/mol. The SMILES string of the molecule is O=C1C(=Cc2cccc(Oc3ccccc3)c2)N=C(c2ccccc2)N1c1ccccc1Cl. The second-order valence-corrected chi connectivity index (χ2v) is 7.82. The van der Waals surface area contributed by atoms with Gasteiger partial charge in [0.25, 0.3) is 5.91 Å². The fourth-order valence-electron chi connectivity index (χ4n) is 3.60. The van der Waals surface area contributed by atoms with Gasteiger partial charge in [0.1, 0.15) is 23.0 Å². The minimum atomic E-state index is -0.240. The number of amides is 1. The van der Waals surface area contributed by atoms with Gasteiger partial charge < -0.3 is 4.74 Å². The van der Waals surface area contributed by atoms with E-state index in [9.17, 15) is 4.79 Å². The summed E-state index contributed by atoms with van der Waals surface area (Å²) in [6, 6.07) is 34.0. The van der Waals surface area contributed by atoms with Crippen LogP contribution in [0, 0.1) is 0 Å². The van der Waals surface area contributed by atoms with Crippen LogP contribution in [0.25, 0.3) is 6.08 Å². The van der Waals surface area contributed by atoms with Crippen LogP contribution in [0.4, 0.5) is 5.69 Å². The van der Waals surface area contributed by atoms with Gasteiger partial charge in [0.2, 0.25) is 0 Å². The van der Waals surface area contributed by atoms with E-state index in [1.807, 2.05) is 103 Å². The number of halogens is 1. The molecule has 0 unspecified atom stereocenters. The van der Waals surface area contributed by atoms with Gasteiger partial charge in [-0.1, -0.05) is 84.4 Å². The highest BCUT2D eigenvalue weighted by atomic mass is 35.5. The number of amidine groups is 1. The highest BCUT2D eigenvalue weighted by Gasteiger charge is 2.33. The van der Waals surface area contributed by atoms with E-state index in [0.717, 1.165) is 16.9 Å². The molecule has 0 radical (unpaired) electrons. The van der Waals surface area contributed by atoms with E-state index in [-0.39, 0.29) is 5.91 Å². The van der Waals surface area contributed by atoms with Crippen molar-refractivity contribution in [3.8, 4) is 11.5 Å². The van der Waals surface area contributed by atoms with E-state index < -0.39 is 0 Å². The monoisotopic (exact) mass is 450 g/mol. The molecule has 1 amide bonds. The van der Waals surface area contributed by atoms with Gasteiger partial charge in [0, 0.05) is 5.56 Å². The molecule has 0 atom stereocenters. The summed E-state index contributed by atoms with van der Waals surface area (Å²) < 4.78 is 5.93. The van der Waals surface area contributed by atoms with Gasteiger partial charge in [-0.25, -0.2) is 4.99 Å². The maximum absolute atomic E-state index is 13.5. The number of rotatable bonds is 5. The average Bonchev–Trinajstić information content (AvgIpc) is 3.16. The van der Waals surface area contributed by atoms with Crippen LogP contribution in [-0.2, 0) is 4.79 Å². The summed E-state index contributed by atoms with van der Waals surface area (Å²) in [6.45, 7) is 0. The Labute approximate surface area is 197 Å². The summed E-state index contributed by atoms with van der Waals surface area (Å²) in [6.07, 6.45) is 1.76. The number of carbonyl (C=O) groups excluding carboxylic acids is 1. The van der Waals surface area contributed by atoms with E-state index in [1.165, 1.54) is 0 Å². The molecule has 0 bridgehead atoms. The highest BCUT2D eigenvalue weighted by molar-refractivity contribution is 6.39. The molecule has 0 aromatic heterocycles. The summed E-state index contributed by atoms with van der Waals surface area (Å²) >= 11 is 6.44. The van der Waals surface area contributed by atoms with Crippen LogP contribution in [0.1, 0.15) is 11.1 Å². The molecular weight excluding hydrogens is 432 g/mol. The first-order valence-corrected chi connectivity index (χ1v) is 10.8. The second kappa shape index (κ2) is 9.15. The minimum Gasteiger partial charge on any atom is -0.457 e. The van der Waals surface area contributed by atoms with Gasteiger partial charge >= 0.3 is 0 Å². The fraction of sp³-hybridized carbons (Fsp3) is 0. The smallest absolute Gasteiger partial charge is 0.282 e. The third-order valence-electron chi connectivity index (χ3n) is 5.13. The normalized spacial score (nSPS) is 14.5. The standard InChI is InChI=1S/C28H19ClN2O2/c29-24-16-7-8-17-26(24)31-27(21-11-3-1-4-12-21)30-25(28(31)32)19-20-10-9-15-23(18-20)33-22-13-5-2-6-14-22/h1-19H. The van der Waals surface area contributed by atoms with Crippen molar-refractivity contribution < 1.29 is 9.53 Å². The lowest BCUT2D eigenvalue weighted by molar-refractivity contribution is -0.113. The minimum absolute atomic E-state index is 0.240. The zero-order valence-corrected chi connectivity index (χ0v) is 18.3. The molecule has 5 heteroatoms. The van der Waals surface area contributed by atoms with Crippen molar-refractivity contribution in [1.82, 2.24) is 0 Å². The Balaban J connectivity index is 1.53. The van der Waals surface area contributed by atoms with Crippen LogP contribution in [0.5, 0.6) is 11.5 Å². The first kappa shape index (κ1) is 20.7. The molecule has 1 aliphatic rings. The van der Waals surface area contributed by atoms with Crippen LogP contribution >= 0.6 is 11.6 Å². The maximum atomic E-state index is 13.5. The van der Waals surface area contributed by atoms with Crippen molar-refractivity contribution in [2.24, 2.45) is 4.99 Å². The number of hydrogen-bond acceptors (Lipinski definition) is 3. The Morgan fingerprint density at radius 2 is 1.42 bits per heavy atom. The summed E-state index contributed by atoms with van der Waals surface area (Å²) in [4.78, 5) is 19.7. The van der Waals surface area contributed by atoms with Crippen molar-refractivity contribution >= 4 is 35.1 Å². The zero-order valence-electron chi connectivity index (χ0n) is 17.6. The number of para-hydroxylation sites is 2. The molecule has 160 valence electrons. The molecule has 4 nitrogen and oxygen atoms in total. The van der Waals surface area contributed by atoms with E-state index >= 15 is 0 Å². The Morgan fingerprint density at radius 3 is 2.18 bits per heavy atom. The van der Waals surface area contributed by atoms with Gasteiger partial charge in [0.05, 0.1) is 10.7 Å². The Morgan fingerprint density at radius 1 is 0.758 bits per heavy atom. The lowest BCUT2D eigenvalue weighted by atomic mass is 10.1. The summed E-state index contributed by atoms with van der Waals surface area (Å²) in [5, 5.41) is 0.481. The summed E-state index contributed by atoms with van der Waals surface area (Å²) in [5.74, 6) is 1.72. The average molecular weight is 451 g/mol. The Hall–Kier alpha value is -4.15. The Bertz CT molecular complexity index is 1370. The Kier molecular flexibility index (Phi) is 5.75. The van der Waals surface area contributed by atoms with E-state index in [0.29, 0.717) is 28.0 Å². The van der Waals surface area contributed by atoms with Gasteiger partial charge in [-0.3, -0.25) is 9.69 Å². The molecule has 5 rings (SSSR count). The lowest BCUT2D eigenvalue weighted by Gasteiger charge is -2.19. The molecule has 4 aromatic carbocycles. The number of anilines is 1. The molecule has 33 heavy (non-hydrogen) atoms. The maximum Gasteiger partial charge on any atom is 0.282 e. The van der Waals surface area contributed by atoms with E-state index in [4.69, 9.17) is 21.3 Å². The van der Waals surface area contributed by atoms with Gasteiger partial charge in [0.15, 0.2) is 0 Å². The highest BCUT2D eigenvalue weighted by Crippen LogP contribution is 2.33. The fourth-order valence-corrected chi connectivity index (χ4v) is 3.82. The van der Waals surface area contributed by atoms with E-state index in [1.54, 1.807) is 17.0 Å². The molecule has 0 saturated carbocycles. The van der Waals surface area contributed by atoms with Gasteiger partial charge in [-0.2, -0.15) is 0 Å². The van der Waals surface area contributed by atoms with Crippen molar-refractivity contribution in [3.63, 3.8) is 0 Å². The van der Waals surface area contributed by atoms with Crippen LogP contribution in [-0.4, -0.2) is 11.7 Å². The molecule has 0 N–H and O–H groups in total. The molecule has 0 saturated heterocycles. The van der Waals surface area contributed by atoms with Crippen molar-refractivity contribution in [3.05, 3.63) is 131 Å². The lowest BCUT2D eigenvalue weighted by Crippen LogP contribution is -2.32. The van der Waals surface area contributed by atoms with Crippen molar-refractivity contribution in [1.29, 1.82) is 0 Å². The molecule has 1 aliphatic heterocycles. The molecule has 0 spiro atoms. The van der Waals surface area contributed by atoms with Crippen molar-refractivity contribution in [2.45, 2.75) is 0 Å². The number of ether oxygens (including phenoxy) is 1. The first-order valence-electron chi connectivity index (χ1n) is 10.5. The first-order chi connectivity index (χ1) is 16.2. The number of hydrogen-bond donors (Lipinski definition) is 0. The third kappa shape index (κ3) is 4.43. The van der Waals surface area contributed by atoms with Gasteiger partial charge in [-0.15, -0.1) is 0 Å². The second-order valence-electron chi connectivity index (χ2n) is 7.41. The quantitative estimate of drug-likeness (QED) is 0.308. The molecule has 0 aliphatic carbocycles. The van der Waals surface area contributed by atoms with Crippen LogP contribution in [0.15, 0.2) is 120 Å². The third-order valence-corrected chi connectivity index (χ3v) is 5.45. The van der Waals surface area contributed by atoms with Crippen LogP contribution in [0.2, 0.25) is 5.02 Å². The number of carbonyl (C=O) groups is 1. The number of benzene rings is 4. The summed E-state index contributed by atoms with van der Waals surface area (Å²) in [7, 11) is 0. The van der Waals surface area contributed by atoms with E-state index in [2.05, 4.69) is 0 Å². The number of aliphatic imine (C=N–C) groups is 1. The molecule has 4 aromatic rings. The van der Waals surface area contributed by atoms with Crippen molar-refractivity contribution in [2.75, 3.05) is 4.90 Å². The largest absolute Gasteiger partial charge is 0.457 e. The number of nitrogens with zero attached hydrogens (tertiary/aromatic N) is 2. The zero-order chi connectivity index (χ0) is 22.6. The molecule has 1 heterocycles. The predicted octanol–water partition coefficient (Wildman–Crippen LogP) is 6.97. The summed E-state index contributed by atoms with van der Waals surface area (Å²) in [5.41, 5.74) is 2.56. The topological polar surface area (TPSA) is 41.9 Å². The molecular formula is C28H19ClN2O2. The van der Waals surface area contributed by atoms with Crippen LogP contribution < -0.4 is 9.64 Å².